The third kappa shape index (κ3) is 3.39. The number of Topliss-reactive ketones (excluding diaryl/α,β-unsaturated/α-hetero) is 1. The monoisotopic (exact) mass is 324 g/mol. The molecule has 0 saturated carbocycles. The maximum Gasteiger partial charge on any atom is 0.338 e. The number of hydrogen-bond acceptors (Lipinski definition) is 4. The molecule has 0 radical (unpaired) electrons. The van der Waals surface area contributed by atoms with Gasteiger partial charge in [0.15, 0.2) is 6.10 Å². The molecule has 1 aliphatic rings. The molecule has 2 aromatic carbocycles. The number of aliphatic hydroxyl groups excluding tert-OH is 1. The molecule has 0 amide bonds. The van der Waals surface area contributed by atoms with E-state index >= 15 is 0 Å². The summed E-state index contributed by atoms with van der Waals surface area (Å²) in [4.78, 5) is 24.6. The zero-order valence-electron chi connectivity index (χ0n) is 13.6. The smallest absolute Gasteiger partial charge is 0.338 e. The topological polar surface area (TPSA) is 63.6 Å². The van der Waals surface area contributed by atoms with Crippen LogP contribution < -0.4 is 0 Å². The number of fused-ring (bicyclic) bond motifs is 1. The van der Waals surface area contributed by atoms with Gasteiger partial charge in [-0.25, -0.2) is 4.79 Å². The van der Waals surface area contributed by atoms with Crippen molar-refractivity contribution in [1.82, 2.24) is 0 Å². The summed E-state index contributed by atoms with van der Waals surface area (Å²) >= 11 is 0. The van der Waals surface area contributed by atoms with Crippen molar-refractivity contribution in [2.24, 2.45) is 0 Å². The van der Waals surface area contributed by atoms with Crippen LogP contribution in [0.5, 0.6) is 0 Å². The maximum atomic E-state index is 12.5. The van der Waals surface area contributed by atoms with E-state index in [1.54, 1.807) is 31.2 Å². The molecular formula is C20H20O4. The number of aryl methyl sites for hydroxylation is 2. The second kappa shape index (κ2) is 6.97. The molecule has 0 heterocycles. The highest BCUT2D eigenvalue weighted by Crippen LogP contribution is 2.23. The van der Waals surface area contributed by atoms with Crippen molar-refractivity contribution in [2.75, 3.05) is 0 Å². The van der Waals surface area contributed by atoms with Crippen LogP contribution in [-0.4, -0.2) is 23.0 Å². The third-order valence-corrected chi connectivity index (χ3v) is 4.41. The van der Waals surface area contributed by atoms with Gasteiger partial charge in [-0.1, -0.05) is 24.3 Å². The fraction of sp³-hybridized carbons (Fsp3) is 0.300. The average Bonchev–Trinajstić information content (AvgIpc) is 3.08. The van der Waals surface area contributed by atoms with Gasteiger partial charge in [0.1, 0.15) is 0 Å². The van der Waals surface area contributed by atoms with E-state index in [1.165, 1.54) is 11.1 Å². The van der Waals surface area contributed by atoms with Crippen LogP contribution in [0, 0.1) is 0 Å². The Kier molecular flexibility index (Phi) is 4.76. The lowest BCUT2D eigenvalue weighted by atomic mass is 10.0. The molecule has 3 rings (SSSR count). The molecule has 0 fully saturated rings. The van der Waals surface area contributed by atoms with E-state index in [4.69, 9.17) is 9.84 Å². The quantitative estimate of drug-likeness (QED) is 0.678. The predicted molar refractivity (Wildman–Crippen MR) is 90.0 cm³/mol. The van der Waals surface area contributed by atoms with Gasteiger partial charge in [-0.2, -0.15) is 0 Å². The summed E-state index contributed by atoms with van der Waals surface area (Å²) in [6.07, 6.45) is 2.36. The number of ether oxygens (including phenoxy) is 1. The van der Waals surface area contributed by atoms with Crippen molar-refractivity contribution in [1.29, 1.82) is 0 Å². The largest absolute Gasteiger partial charge is 0.451 e. The maximum absolute atomic E-state index is 12.5. The second-order valence-electron chi connectivity index (χ2n) is 6.10. The number of carbonyl (C=O) groups is 2. The Balaban J connectivity index is 1.68. The van der Waals surface area contributed by atoms with Crippen molar-refractivity contribution in [2.45, 2.75) is 38.9 Å². The van der Waals surface area contributed by atoms with Crippen molar-refractivity contribution in [3.63, 3.8) is 0 Å². The standard InChI is InChI=1S/C20H20O4/c1-13(24-20(23)16-7-5-14(12-21)6-8-16)19(22)18-10-9-15-3-2-4-17(15)11-18/h5-11,13,21H,2-4,12H2,1H3/t13-/m1/s1. The Hall–Kier alpha value is -2.46. The number of aliphatic hydroxyl groups is 1. The van der Waals surface area contributed by atoms with Crippen LogP contribution in [-0.2, 0) is 24.2 Å². The number of ketones is 1. The van der Waals surface area contributed by atoms with Gasteiger partial charge in [0.05, 0.1) is 12.2 Å². The molecule has 1 aliphatic carbocycles. The van der Waals surface area contributed by atoms with Crippen LogP contribution >= 0.6 is 0 Å². The van der Waals surface area contributed by atoms with Crippen molar-refractivity contribution < 1.29 is 19.4 Å². The van der Waals surface area contributed by atoms with Crippen molar-refractivity contribution in [3.05, 3.63) is 70.3 Å². The van der Waals surface area contributed by atoms with Gasteiger partial charge in [0.25, 0.3) is 0 Å². The zero-order valence-corrected chi connectivity index (χ0v) is 13.6. The van der Waals surface area contributed by atoms with Gasteiger partial charge in [0.2, 0.25) is 5.78 Å². The summed E-state index contributed by atoms with van der Waals surface area (Å²) in [6, 6.07) is 12.2. The molecule has 4 nitrogen and oxygen atoms in total. The first-order valence-electron chi connectivity index (χ1n) is 8.15. The minimum absolute atomic E-state index is 0.0808. The number of benzene rings is 2. The molecule has 0 bridgehead atoms. The van der Waals surface area contributed by atoms with E-state index in [0.717, 1.165) is 19.3 Å². The lowest BCUT2D eigenvalue weighted by Gasteiger charge is -2.13. The summed E-state index contributed by atoms with van der Waals surface area (Å²) in [5, 5.41) is 9.02. The fourth-order valence-electron chi connectivity index (χ4n) is 2.99. The summed E-state index contributed by atoms with van der Waals surface area (Å²) < 4.78 is 5.29. The SMILES string of the molecule is C[C@@H](OC(=O)c1ccc(CO)cc1)C(=O)c1ccc2c(c1)CCC2. The first-order valence-corrected chi connectivity index (χ1v) is 8.15. The number of carbonyl (C=O) groups excluding carboxylic acids is 2. The normalized spacial score (nSPS) is 14.1. The molecule has 0 unspecified atom stereocenters. The highest BCUT2D eigenvalue weighted by molar-refractivity contribution is 6.01. The lowest BCUT2D eigenvalue weighted by Crippen LogP contribution is -2.24. The molecule has 0 aliphatic heterocycles. The highest BCUT2D eigenvalue weighted by Gasteiger charge is 2.22. The van der Waals surface area contributed by atoms with Crippen LogP contribution in [0.2, 0.25) is 0 Å². The van der Waals surface area contributed by atoms with Gasteiger partial charge in [0, 0.05) is 5.56 Å². The Labute approximate surface area is 141 Å². The first kappa shape index (κ1) is 16.4. The summed E-state index contributed by atoms with van der Waals surface area (Å²) in [5.41, 5.74) is 4.19. The van der Waals surface area contributed by atoms with Gasteiger partial charge < -0.3 is 9.84 Å². The number of rotatable bonds is 5. The Morgan fingerprint density at radius 2 is 1.71 bits per heavy atom. The molecule has 2 aromatic rings. The van der Waals surface area contributed by atoms with Crippen LogP contribution in [0.25, 0.3) is 0 Å². The van der Waals surface area contributed by atoms with Crippen LogP contribution in [0.15, 0.2) is 42.5 Å². The van der Waals surface area contributed by atoms with Gasteiger partial charge in [-0.3, -0.25) is 4.79 Å². The van der Waals surface area contributed by atoms with Crippen LogP contribution in [0.1, 0.15) is 50.8 Å². The van der Waals surface area contributed by atoms with Gasteiger partial charge in [-0.05, 0) is 61.1 Å². The molecule has 1 N–H and O–H groups in total. The van der Waals surface area contributed by atoms with Crippen molar-refractivity contribution >= 4 is 11.8 Å². The number of hydrogen-bond donors (Lipinski definition) is 1. The van der Waals surface area contributed by atoms with Crippen LogP contribution in [0.4, 0.5) is 0 Å². The summed E-state index contributed by atoms with van der Waals surface area (Å²) in [6.45, 7) is 1.51. The van der Waals surface area contributed by atoms with E-state index in [2.05, 4.69) is 0 Å². The van der Waals surface area contributed by atoms with Crippen molar-refractivity contribution in [3.8, 4) is 0 Å². The summed E-state index contributed by atoms with van der Waals surface area (Å²) in [7, 11) is 0. The molecule has 4 heteroatoms. The predicted octanol–water partition coefficient (Wildman–Crippen LogP) is 3.10. The summed E-state index contributed by atoms with van der Waals surface area (Å²) in [5.74, 6) is -0.730. The Morgan fingerprint density at radius 1 is 1.04 bits per heavy atom. The third-order valence-electron chi connectivity index (χ3n) is 4.41. The Bertz CT molecular complexity index is 762. The van der Waals surface area contributed by atoms with E-state index in [0.29, 0.717) is 16.7 Å². The first-order chi connectivity index (χ1) is 11.6. The van der Waals surface area contributed by atoms with Gasteiger partial charge >= 0.3 is 5.97 Å². The Morgan fingerprint density at radius 3 is 2.42 bits per heavy atom. The minimum atomic E-state index is -0.838. The van der Waals surface area contributed by atoms with E-state index in [9.17, 15) is 9.59 Å². The molecule has 124 valence electrons. The molecular weight excluding hydrogens is 304 g/mol. The second-order valence-corrected chi connectivity index (χ2v) is 6.10. The number of esters is 1. The molecule has 0 saturated heterocycles. The molecule has 0 aromatic heterocycles. The lowest BCUT2D eigenvalue weighted by molar-refractivity contribution is 0.0318. The van der Waals surface area contributed by atoms with E-state index in [-0.39, 0.29) is 12.4 Å². The van der Waals surface area contributed by atoms with Gasteiger partial charge in [-0.15, -0.1) is 0 Å². The van der Waals surface area contributed by atoms with E-state index in [1.807, 2.05) is 18.2 Å². The molecule has 0 spiro atoms. The average molecular weight is 324 g/mol. The minimum Gasteiger partial charge on any atom is -0.451 e. The zero-order chi connectivity index (χ0) is 17.1. The molecule has 1 atom stereocenters. The fourth-order valence-corrected chi connectivity index (χ4v) is 2.99. The highest BCUT2D eigenvalue weighted by atomic mass is 16.5. The van der Waals surface area contributed by atoms with E-state index < -0.39 is 12.1 Å². The molecule has 24 heavy (non-hydrogen) atoms. The van der Waals surface area contributed by atoms with Crippen LogP contribution in [0.3, 0.4) is 0 Å².